The quantitative estimate of drug-likeness (QED) is 0.289. The summed E-state index contributed by atoms with van der Waals surface area (Å²) in [5, 5.41) is 6.72. The van der Waals surface area contributed by atoms with Gasteiger partial charge in [0.25, 0.3) is 0 Å². The van der Waals surface area contributed by atoms with Gasteiger partial charge in [0.1, 0.15) is 10.3 Å². The number of fused-ring (bicyclic) bond motifs is 1. The Morgan fingerprint density at radius 2 is 1.87 bits per heavy atom. The van der Waals surface area contributed by atoms with Crippen LogP contribution in [0.25, 0.3) is 10.3 Å². The van der Waals surface area contributed by atoms with Gasteiger partial charge >= 0.3 is 0 Å². The van der Waals surface area contributed by atoms with E-state index in [4.69, 9.17) is 4.74 Å². The number of ether oxygens (including phenoxy) is 1. The van der Waals surface area contributed by atoms with Crippen LogP contribution in [0.3, 0.4) is 0 Å². The lowest BCUT2D eigenvalue weighted by molar-refractivity contribution is -0.118. The van der Waals surface area contributed by atoms with E-state index in [1.54, 1.807) is 37.4 Å². The lowest BCUT2D eigenvalue weighted by atomic mass is 9.87. The number of aromatic nitrogens is 2. The molecule has 0 bridgehead atoms. The number of carbonyl (C=O) groups excluding carboxylic acids is 1. The number of sulfonamides is 1. The standard InChI is InChI=1S/C28H37N5O4S2/c1-3-6-23(20-16-29-17-20)33-39(35,36)21-11-9-19(10-12-21)22(15-18-7-4-5-8-18)26(34)32-28-30-24-13-14-25(37-2)31-27(24)38-28/h9-14,18,20,22-23,29,33H,3-8,15-17H2,1-2H3,(H,30,32,34). The molecule has 2 fully saturated rings. The third kappa shape index (κ3) is 6.59. The fourth-order valence-corrected chi connectivity index (χ4v) is 7.75. The molecule has 1 aromatic carbocycles. The summed E-state index contributed by atoms with van der Waals surface area (Å²) < 4.78 is 34.5. The Morgan fingerprint density at radius 1 is 1.13 bits per heavy atom. The SMILES string of the molecule is CCCC(NS(=O)(=O)c1ccc(C(CC2CCCC2)C(=O)Nc2nc3ccc(OC)nc3s2)cc1)C1CNC1. The smallest absolute Gasteiger partial charge is 0.240 e. The molecule has 210 valence electrons. The van der Waals surface area contributed by atoms with Crippen molar-refractivity contribution in [2.45, 2.75) is 68.7 Å². The molecule has 3 N–H and O–H groups in total. The van der Waals surface area contributed by atoms with Gasteiger partial charge in [0.15, 0.2) is 5.13 Å². The van der Waals surface area contributed by atoms with Crippen LogP contribution in [0.1, 0.15) is 63.4 Å². The minimum absolute atomic E-state index is 0.0786. The van der Waals surface area contributed by atoms with Crippen LogP contribution in [-0.2, 0) is 14.8 Å². The summed E-state index contributed by atoms with van der Waals surface area (Å²) in [4.78, 5) is 23.4. The van der Waals surface area contributed by atoms with Gasteiger partial charge in [-0.05, 0) is 42.5 Å². The van der Waals surface area contributed by atoms with E-state index in [-0.39, 0.29) is 16.8 Å². The van der Waals surface area contributed by atoms with E-state index in [0.29, 0.717) is 33.2 Å². The number of hydrogen-bond donors (Lipinski definition) is 3. The molecule has 0 spiro atoms. The molecule has 1 saturated carbocycles. The van der Waals surface area contributed by atoms with E-state index in [0.717, 1.165) is 50.8 Å². The number of amides is 1. The lowest BCUT2D eigenvalue weighted by Gasteiger charge is -2.35. The third-order valence-corrected chi connectivity index (χ3v) is 10.3. The maximum atomic E-state index is 13.6. The number of benzene rings is 1. The Balaban J connectivity index is 1.34. The second-order valence-corrected chi connectivity index (χ2v) is 13.3. The summed E-state index contributed by atoms with van der Waals surface area (Å²) in [6.45, 7) is 3.74. The molecule has 2 atom stereocenters. The van der Waals surface area contributed by atoms with E-state index in [2.05, 4.69) is 32.2 Å². The van der Waals surface area contributed by atoms with Crippen molar-refractivity contribution < 1.29 is 17.9 Å². The predicted octanol–water partition coefficient (Wildman–Crippen LogP) is 4.67. The van der Waals surface area contributed by atoms with Gasteiger partial charge in [-0.3, -0.25) is 4.79 Å². The van der Waals surface area contributed by atoms with Crippen LogP contribution in [0.5, 0.6) is 5.88 Å². The van der Waals surface area contributed by atoms with Crippen LogP contribution in [0.4, 0.5) is 5.13 Å². The number of pyridine rings is 1. The average Bonchev–Trinajstić information content (AvgIpc) is 3.55. The Hall–Kier alpha value is -2.60. The Kier molecular flexibility index (Phi) is 8.80. The molecule has 0 radical (unpaired) electrons. The summed E-state index contributed by atoms with van der Waals surface area (Å²) >= 11 is 1.31. The van der Waals surface area contributed by atoms with E-state index < -0.39 is 15.9 Å². The highest BCUT2D eigenvalue weighted by Crippen LogP contribution is 2.36. The van der Waals surface area contributed by atoms with E-state index in [9.17, 15) is 13.2 Å². The fraction of sp³-hybridized carbons (Fsp3) is 0.536. The normalized spacial score (nSPS) is 18.1. The van der Waals surface area contributed by atoms with Gasteiger partial charge in [-0.15, -0.1) is 0 Å². The summed E-state index contributed by atoms with van der Waals surface area (Å²) in [6, 6.07) is 10.3. The van der Waals surface area contributed by atoms with Crippen LogP contribution in [-0.4, -0.2) is 50.5 Å². The molecule has 1 aliphatic carbocycles. The van der Waals surface area contributed by atoms with Gasteiger partial charge in [-0.2, -0.15) is 0 Å². The number of nitrogens with one attached hydrogen (secondary N) is 3. The van der Waals surface area contributed by atoms with Crippen molar-refractivity contribution >= 4 is 42.7 Å². The van der Waals surface area contributed by atoms with Crippen molar-refractivity contribution in [3.05, 3.63) is 42.0 Å². The zero-order chi connectivity index (χ0) is 27.4. The van der Waals surface area contributed by atoms with Crippen molar-refractivity contribution in [2.24, 2.45) is 11.8 Å². The lowest BCUT2D eigenvalue weighted by Crippen LogP contribution is -2.54. The molecular formula is C28H37N5O4S2. The number of carbonyl (C=O) groups is 1. The van der Waals surface area contributed by atoms with Gasteiger partial charge in [-0.25, -0.2) is 23.1 Å². The third-order valence-electron chi connectivity index (χ3n) is 7.91. The first-order chi connectivity index (χ1) is 18.9. The molecule has 2 aliphatic rings. The first kappa shape index (κ1) is 27.9. The zero-order valence-electron chi connectivity index (χ0n) is 22.5. The Bertz CT molecular complexity index is 1380. The van der Waals surface area contributed by atoms with Crippen LogP contribution in [0, 0.1) is 11.8 Å². The second kappa shape index (κ2) is 12.3. The fourth-order valence-electron chi connectivity index (χ4n) is 5.58. The van der Waals surface area contributed by atoms with Crippen molar-refractivity contribution in [3.63, 3.8) is 0 Å². The van der Waals surface area contributed by atoms with Gasteiger partial charge in [0.2, 0.25) is 21.8 Å². The number of thiazole rings is 1. The van der Waals surface area contributed by atoms with Crippen molar-refractivity contribution in [1.82, 2.24) is 20.0 Å². The molecule has 2 unspecified atom stereocenters. The molecule has 39 heavy (non-hydrogen) atoms. The molecule has 3 aromatic rings. The first-order valence-electron chi connectivity index (χ1n) is 13.8. The summed E-state index contributed by atoms with van der Waals surface area (Å²) in [6.07, 6.45) is 7.03. The van der Waals surface area contributed by atoms with E-state index in [1.165, 1.54) is 24.2 Å². The molecule has 1 saturated heterocycles. The maximum Gasteiger partial charge on any atom is 0.240 e. The molecule has 11 heteroatoms. The number of methoxy groups -OCH3 is 1. The number of anilines is 1. The summed E-state index contributed by atoms with van der Waals surface area (Å²) in [7, 11) is -2.10. The molecule has 9 nitrogen and oxygen atoms in total. The highest BCUT2D eigenvalue weighted by molar-refractivity contribution is 7.89. The minimum atomic E-state index is -3.66. The van der Waals surface area contributed by atoms with Gasteiger partial charge in [0.05, 0.1) is 17.9 Å². The van der Waals surface area contributed by atoms with E-state index in [1.807, 2.05) is 6.07 Å². The minimum Gasteiger partial charge on any atom is -0.481 e. The van der Waals surface area contributed by atoms with Crippen molar-refractivity contribution in [3.8, 4) is 5.88 Å². The molecule has 3 heterocycles. The first-order valence-corrected chi connectivity index (χ1v) is 16.1. The van der Waals surface area contributed by atoms with Crippen LogP contribution in [0.15, 0.2) is 41.3 Å². The summed E-state index contributed by atoms with van der Waals surface area (Å²) in [5.74, 6) is 0.747. The molecule has 1 amide bonds. The number of rotatable bonds is 12. The van der Waals surface area contributed by atoms with Crippen molar-refractivity contribution in [1.29, 1.82) is 0 Å². The topological polar surface area (TPSA) is 122 Å². The molecule has 1 aliphatic heterocycles. The van der Waals surface area contributed by atoms with Gasteiger partial charge in [-0.1, -0.05) is 62.5 Å². The Morgan fingerprint density at radius 3 is 2.51 bits per heavy atom. The van der Waals surface area contributed by atoms with Crippen LogP contribution < -0.4 is 20.1 Å². The van der Waals surface area contributed by atoms with Crippen molar-refractivity contribution in [2.75, 3.05) is 25.5 Å². The maximum absolute atomic E-state index is 13.6. The highest BCUT2D eigenvalue weighted by Gasteiger charge is 2.31. The monoisotopic (exact) mass is 571 g/mol. The van der Waals surface area contributed by atoms with Crippen LogP contribution in [0.2, 0.25) is 0 Å². The highest BCUT2D eigenvalue weighted by atomic mass is 32.2. The molecule has 2 aromatic heterocycles. The van der Waals surface area contributed by atoms with Gasteiger partial charge in [0, 0.05) is 31.1 Å². The molecule has 5 rings (SSSR count). The zero-order valence-corrected chi connectivity index (χ0v) is 24.1. The van der Waals surface area contributed by atoms with Crippen LogP contribution >= 0.6 is 11.3 Å². The average molecular weight is 572 g/mol. The predicted molar refractivity (Wildman–Crippen MR) is 154 cm³/mol. The summed E-state index contributed by atoms with van der Waals surface area (Å²) in [5.41, 5.74) is 1.51. The number of hydrogen-bond acceptors (Lipinski definition) is 8. The number of nitrogens with zero attached hydrogens (tertiary/aromatic N) is 2. The molecular weight excluding hydrogens is 534 g/mol. The second-order valence-electron chi connectivity index (χ2n) is 10.6. The largest absolute Gasteiger partial charge is 0.481 e. The van der Waals surface area contributed by atoms with E-state index >= 15 is 0 Å². The Labute approximate surface area is 234 Å². The van der Waals surface area contributed by atoms with Gasteiger partial charge < -0.3 is 15.4 Å².